The first-order valence-corrected chi connectivity index (χ1v) is 7.24. The number of nitriles is 1. The van der Waals surface area contributed by atoms with E-state index in [4.69, 9.17) is 16.9 Å². The van der Waals surface area contributed by atoms with E-state index >= 15 is 0 Å². The molecular weight excluding hydrogens is 288 g/mol. The van der Waals surface area contributed by atoms with E-state index in [2.05, 4.69) is 0 Å². The summed E-state index contributed by atoms with van der Waals surface area (Å²) in [5.41, 5.74) is 3.39. The Bertz CT molecular complexity index is 718. The summed E-state index contributed by atoms with van der Waals surface area (Å²) < 4.78 is 0. The molecule has 2 aliphatic rings. The van der Waals surface area contributed by atoms with Gasteiger partial charge in [0.25, 0.3) is 5.91 Å². The number of amides is 1. The van der Waals surface area contributed by atoms with E-state index in [1.54, 1.807) is 17.0 Å². The van der Waals surface area contributed by atoms with Gasteiger partial charge in [0, 0.05) is 12.1 Å². The standard InChI is InChI=1S/C16H15ClN2O2/c1-8-11(4-3-10(7-18)14(8)17)13-9(2)15-12(20)5-6-19(15)16(13)21/h3-4,12,15,20H,5-6H2,1-2H3/t12-,15+/m0/s1. The Hall–Kier alpha value is -1.83. The second-order valence-electron chi connectivity index (χ2n) is 5.57. The van der Waals surface area contributed by atoms with Crippen LogP contribution < -0.4 is 0 Å². The first-order valence-electron chi connectivity index (χ1n) is 6.86. The largest absolute Gasteiger partial charge is 0.391 e. The molecule has 1 fully saturated rings. The highest BCUT2D eigenvalue weighted by atomic mass is 35.5. The van der Waals surface area contributed by atoms with Gasteiger partial charge in [-0.25, -0.2) is 0 Å². The minimum absolute atomic E-state index is 0.0575. The first kappa shape index (κ1) is 14.1. The van der Waals surface area contributed by atoms with Crippen LogP contribution in [0.25, 0.3) is 5.57 Å². The van der Waals surface area contributed by atoms with Crippen molar-refractivity contribution in [3.63, 3.8) is 0 Å². The Morgan fingerprint density at radius 2 is 2.14 bits per heavy atom. The Morgan fingerprint density at radius 3 is 2.76 bits per heavy atom. The SMILES string of the molecule is CC1=C(c2ccc(C#N)c(Cl)c2C)C(=O)N2CC[C@H](O)[C@@H]12. The van der Waals surface area contributed by atoms with E-state index in [0.29, 0.717) is 29.1 Å². The molecular formula is C16H15ClN2O2. The molecule has 0 unspecified atom stereocenters. The van der Waals surface area contributed by atoms with E-state index in [0.717, 1.165) is 16.7 Å². The summed E-state index contributed by atoms with van der Waals surface area (Å²) in [5.74, 6) is -0.0575. The zero-order valence-electron chi connectivity index (χ0n) is 11.9. The van der Waals surface area contributed by atoms with Crippen molar-refractivity contribution in [2.75, 3.05) is 6.54 Å². The van der Waals surface area contributed by atoms with Crippen LogP contribution in [-0.4, -0.2) is 34.6 Å². The van der Waals surface area contributed by atoms with E-state index in [9.17, 15) is 9.90 Å². The quantitative estimate of drug-likeness (QED) is 0.865. The van der Waals surface area contributed by atoms with Crippen LogP contribution in [0, 0.1) is 18.3 Å². The molecule has 1 aromatic carbocycles. The Labute approximate surface area is 128 Å². The molecule has 5 heteroatoms. The van der Waals surface area contributed by atoms with Gasteiger partial charge in [-0.15, -0.1) is 0 Å². The molecule has 0 aromatic heterocycles. The van der Waals surface area contributed by atoms with Crippen molar-refractivity contribution in [3.05, 3.63) is 39.4 Å². The molecule has 4 nitrogen and oxygen atoms in total. The van der Waals surface area contributed by atoms with E-state index in [1.165, 1.54) is 0 Å². The number of aliphatic hydroxyl groups excluding tert-OH is 1. The number of benzene rings is 1. The molecule has 0 radical (unpaired) electrons. The van der Waals surface area contributed by atoms with Gasteiger partial charge in [-0.2, -0.15) is 5.26 Å². The Kier molecular flexibility index (Phi) is 3.27. The van der Waals surface area contributed by atoms with Gasteiger partial charge in [-0.05, 0) is 43.0 Å². The van der Waals surface area contributed by atoms with Crippen molar-refractivity contribution in [1.82, 2.24) is 4.90 Å². The van der Waals surface area contributed by atoms with Crippen LogP contribution in [0.2, 0.25) is 5.02 Å². The van der Waals surface area contributed by atoms with Crippen LogP contribution in [0.3, 0.4) is 0 Å². The summed E-state index contributed by atoms with van der Waals surface area (Å²) in [7, 11) is 0. The number of carbonyl (C=O) groups is 1. The minimum Gasteiger partial charge on any atom is -0.391 e. The molecule has 2 heterocycles. The van der Waals surface area contributed by atoms with Crippen molar-refractivity contribution in [2.45, 2.75) is 32.4 Å². The molecule has 1 N–H and O–H groups in total. The van der Waals surface area contributed by atoms with E-state index < -0.39 is 6.10 Å². The highest BCUT2D eigenvalue weighted by Crippen LogP contribution is 2.40. The zero-order valence-corrected chi connectivity index (χ0v) is 12.6. The van der Waals surface area contributed by atoms with Gasteiger partial charge in [0.1, 0.15) is 6.07 Å². The predicted octanol–water partition coefficient (Wildman–Crippen LogP) is 2.27. The van der Waals surface area contributed by atoms with Gasteiger partial charge >= 0.3 is 0 Å². The highest BCUT2D eigenvalue weighted by molar-refractivity contribution is 6.33. The second-order valence-corrected chi connectivity index (χ2v) is 5.95. The molecule has 0 spiro atoms. The lowest BCUT2D eigenvalue weighted by atomic mass is 9.93. The fourth-order valence-corrected chi connectivity index (χ4v) is 3.56. The van der Waals surface area contributed by atoms with Gasteiger partial charge in [0.15, 0.2) is 0 Å². The monoisotopic (exact) mass is 302 g/mol. The lowest BCUT2D eigenvalue weighted by Crippen LogP contribution is -2.34. The molecule has 2 atom stereocenters. The van der Waals surface area contributed by atoms with Crippen molar-refractivity contribution in [3.8, 4) is 6.07 Å². The van der Waals surface area contributed by atoms with Gasteiger partial charge in [-0.3, -0.25) is 4.79 Å². The molecule has 1 amide bonds. The number of rotatable bonds is 1. The molecule has 1 saturated heterocycles. The maximum atomic E-state index is 12.6. The fraction of sp³-hybridized carbons (Fsp3) is 0.375. The van der Waals surface area contributed by atoms with Crippen LogP contribution in [0.4, 0.5) is 0 Å². The molecule has 2 aliphatic heterocycles. The number of halogens is 1. The van der Waals surface area contributed by atoms with Crippen LogP contribution in [0.15, 0.2) is 17.7 Å². The smallest absolute Gasteiger partial charge is 0.255 e. The zero-order chi connectivity index (χ0) is 15.3. The van der Waals surface area contributed by atoms with Crippen molar-refractivity contribution in [2.24, 2.45) is 0 Å². The van der Waals surface area contributed by atoms with Crippen molar-refractivity contribution < 1.29 is 9.90 Å². The number of fused-ring (bicyclic) bond motifs is 1. The van der Waals surface area contributed by atoms with Crippen LogP contribution in [-0.2, 0) is 4.79 Å². The summed E-state index contributed by atoms with van der Waals surface area (Å²) in [5, 5.41) is 19.5. The van der Waals surface area contributed by atoms with E-state index in [-0.39, 0.29) is 11.9 Å². The molecule has 3 rings (SSSR count). The Morgan fingerprint density at radius 1 is 1.43 bits per heavy atom. The third-order valence-electron chi connectivity index (χ3n) is 4.45. The van der Waals surface area contributed by atoms with Crippen LogP contribution in [0.1, 0.15) is 30.0 Å². The van der Waals surface area contributed by atoms with Gasteiger partial charge in [-0.1, -0.05) is 17.7 Å². The van der Waals surface area contributed by atoms with Gasteiger partial charge < -0.3 is 10.0 Å². The van der Waals surface area contributed by atoms with Crippen LogP contribution >= 0.6 is 11.6 Å². The summed E-state index contributed by atoms with van der Waals surface area (Å²) in [6.45, 7) is 4.28. The number of aliphatic hydroxyl groups is 1. The lowest BCUT2D eigenvalue weighted by molar-refractivity contribution is -0.124. The maximum absolute atomic E-state index is 12.6. The fourth-order valence-electron chi connectivity index (χ4n) is 3.36. The van der Waals surface area contributed by atoms with E-state index in [1.807, 2.05) is 19.9 Å². The van der Waals surface area contributed by atoms with Gasteiger partial charge in [0.05, 0.1) is 22.7 Å². The average Bonchev–Trinajstić information content (AvgIpc) is 2.95. The molecule has 0 aliphatic carbocycles. The van der Waals surface area contributed by atoms with Gasteiger partial charge in [0.2, 0.25) is 0 Å². The third-order valence-corrected chi connectivity index (χ3v) is 4.94. The minimum atomic E-state index is -0.499. The number of hydrogen-bond donors (Lipinski definition) is 1. The number of nitrogens with zero attached hydrogens (tertiary/aromatic N) is 2. The second kappa shape index (κ2) is 4.87. The van der Waals surface area contributed by atoms with Crippen molar-refractivity contribution in [1.29, 1.82) is 5.26 Å². The van der Waals surface area contributed by atoms with Crippen molar-refractivity contribution >= 4 is 23.1 Å². The summed E-state index contributed by atoms with van der Waals surface area (Å²) in [4.78, 5) is 14.3. The molecule has 108 valence electrons. The maximum Gasteiger partial charge on any atom is 0.255 e. The Balaban J connectivity index is 2.15. The summed E-state index contributed by atoms with van der Waals surface area (Å²) in [6, 6.07) is 5.22. The topological polar surface area (TPSA) is 64.3 Å². The summed E-state index contributed by atoms with van der Waals surface area (Å²) >= 11 is 6.20. The van der Waals surface area contributed by atoms with Crippen LogP contribution in [0.5, 0.6) is 0 Å². The molecule has 0 saturated carbocycles. The molecule has 0 bridgehead atoms. The number of carbonyl (C=O) groups excluding carboxylic acids is 1. The highest BCUT2D eigenvalue weighted by Gasteiger charge is 2.45. The molecule has 21 heavy (non-hydrogen) atoms. The summed E-state index contributed by atoms with van der Waals surface area (Å²) in [6.07, 6.45) is 0.120. The molecule has 1 aromatic rings. The average molecular weight is 303 g/mol. The normalized spacial score (nSPS) is 24.5. The lowest BCUT2D eigenvalue weighted by Gasteiger charge is -2.18. The predicted molar refractivity (Wildman–Crippen MR) is 79.6 cm³/mol. The third kappa shape index (κ3) is 1.89. The first-order chi connectivity index (χ1) is 9.97. The number of hydrogen-bond acceptors (Lipinski definition) is 3.